The fraction of sp³-hybridized carbons (Fsp3) is 0.0588. The summed E-state index contributed by atoms with van der Waals surface area (Å²) in [5.41, 5.74) is 1.70. The molecule has 0 saturated carbocycles. The first kappa shape index (κ1) is 14.0. The Balaban J connectivity index is 1.99. The summed E-state index contributed by atoms with van der Waals surface area (Å²) in [5.74, 6) is -0.390. The van der Waals surface area contributed by atoms with Gasteiger partial charge in [-0.1, -0.05) is 6.07 Å². The van der Waals surface area contributed by atoms with Crippen LogP contribution < -0.4 is 5.32 Å². The van der Waals surface area contributed by atoms with Crippen LogP contribution in [-0.4, -0.2) is 15.5 Å². The number of hydrogen-bond donors (Lipinski definition) is 1. The van der Waals surface area contributed by atoms with Crippen LogP contribution in [0.1, 0.15) is 15.9 Å². The normalized spacial score (nSPS) is 10.5. The standard InChI is InChI=1S/C17H14FN3O/c1-12-5-4-8-19-16(12)20-17(22)14-11-13(18)6-7-15(14)21-9-2-3-10-21/h2-11H,1H3,(H,19,20,22). The molecule has 2 heterocycles. The molecule has 0 unspecified atom stereocenters. The Morgan fingerprint density at radius 3 is 2.68 bits per heavy atom. The Hall–Kier alpha value is -2.95. The van der Waals surface area contributed by atoms with Crippen molar-refractivity contribution in [3.05, 3.63) is 78.0 Å². The highest BCUT2D eigenvalue weighted by Gasteiger charge is 2.15. The monoisotopic (exact) mass is 295 g/mol. The van der Waals surface area contributed by atoms with Gasteiger partial charge in [-0.25, -0.2) is 9.37 Å². The van der Waals surface area contributed by atoms with Gasteiger partial charge in [0.15, 0.2) is 0 Å². The van der Waals surface area contributed by atoms with Crippen molar-refractivity contribution >= 4 is 11.7 Å². The van der Waals surface area contributed by atoms with Crippen LogP contribution in [0.3, 0.4) is 0 Å². The average molecular weight is 295 g/mol. The topological polar surface area (TPSA) is 46.9 Å². The summed E-state index contributed by atoms with van der Waals surface area (Å²) < 4.78 is 15.3. The molecule has 0 aliphatic carbocycles. The van der Waals surface area contributed by atoms with Gasteiger partial charge in [-0.2, -0.15) is 0 Å². The Morgan fingerprint density at radius 2 is 1.95 bits per heavy atom. The second kappa shape index (κ2) is 5.81. The highest BCUT2D eigenvalue weighted by atomic mass is 19.1. The van der Waals surface area contributed by atoms with E-state index in [-0.39, 0.29) is 5.56 Å². The number of pyridine rings is 1. The molecule has 0 fully saturated rings. The Kier molecular flexibility index (Phi) is 3.70. The van der Waals surface area contributed by atoms with E-state index in [0.717, 1.165) is 5.56 Å². The number of aryl methyl sites for hydroxylation is 1. The lowest BCUT2D eigenvalue weighted by atomic mass is 10.1. The van der Waals surface area contributed by atoms with Crippen molar-refractivity contribution in [2.24, 2.45) is 0 Å². The van der Waals surface area contributed by atoms with Gasteiger partial charge in [0.1, 0.15) is 11.6 Å². The van der Waals surface area contributed by atoms with Gasteiger partial charge in [-0.05, 0) is 48.9 Å². The fourth-order valence-corrected chi connectivity index (χ4v) is 2.20. The van der Waals surface area contributed by atoms with E-state index in [2.05, 4.69) is 10.3 Å². The van der Waals surface area contributed by atoms with Gasteiger partial charge in [0.25, 0.3) is 5.91 Å². The minimum absolute atomic E-state index is 0.251. The Labute approximate surface area is 127 Å². The minimum atomic E-state index is -0.459. The average Bonchev–Trinajstić information content (AvgIpc) is 3.03. The summed E-state index contributed by atoms with van der Waals surface area (Å²) in [6.45, 7) is 1.85. The van der Waals surface area contributed by atoms with Crippen LogP contribution in [0.15, 0.2) is 61.1 Å². The van der Waals surface area contributed by atoms with E-state index in [9.17, 15) is 9.18 Å². The molecule has 0 atom stereocenters. The predicted molar refractivity (Wildman–Crippen MR) is 82.7 cm³/mol. The molecule has 22 heavy (non-hydrogen) atoms. The molecule has 0 bridgehead atoms. The molecule has 1 N–H and O–H groups in total. The first-order chi connectivity index (χ1) is 10.6. The maximum Gasteiger partial charge on any atom is 0.259 e. The minimum Gasteiger partial charge on any atom is -0.323 e. The number of amides is 1. The molecule has 3 aromatic rings. The molecule has 0 aliphatic rings. The Bertz CT molecular complexity index is 813. The van der Waals surface area contributed by atoms with E-state index in [1.807, 2.05) is 25.1 Å². The SMILES string of the molecule is Cc1cccnc1NC(=O)c1cc(F)ccc1-n1cccc1. The number of hydrogen-bond acceptors (Lipinski definition) is 2. The lowest BCUT2D eigenvalue weighted by Crippen LogP contribution is -2.16. The van der Waals surface area contributed by atoms with Crippen molar-refractivity contribution < 1.29 is 9.18 Å². The number of rotatable bonds is 3. The molecule has 1 aromatic carbocycles. The van der Waals surface area contributed by atoms with Crippen LogP contribution in [-0.2, 0) is 0 Å². The van der Waals surface area contributed by atoms with Gasteiger partial charge in [0, 0.05) is 18.6 Å². The third-order valence-electron chi connectivity index (χ3n) is 3.33. The van der Waals surface area contributed by atoms with Crippen molar-refractivity contribution in [2.45, 2.75) is 6.92 Å². The number of anilines is 1. The fourth-order valence-electron chi connectivity index (χ4n) is 2.20. The molecule has 4 nitrogen and oxygen atoms in total. The van der Waals surface area contributed by atoms with Crippen LogP contribution in [0, 0.1) is 12.7 Å². The third-order valence-corrected chi connectivity index (χ3v) is 3.33. The van der Waals surface area contributed by atoms with E-state index < -0.39 is 11.7 Å². The van der Waals surface area contributed by atoms with Crippen LogP contribution in [0.2, 0.25) is 0 Å². The highest BCUT2D eigenvalue weighted by Crippen LogP contribution is 2.19. The number of benzene rings is 1. The second-order valence-corrected chi connectivity index (χ2v) is 4.87. The van der Waals surface area contributed by atoms with E-state index in [0.29, 0.717) is 11.5 Å². The van der Waals surface area contributed by atoms with Gasteiger partial charge < -0.3 is 9.88 Å². The van der Waals surface area contributed by atoms with Crippen molar-refractivity contribution in [2.75, 3.05) is 5.32 Å². The summed E-state index contributed by atoms with van der Waals surface area (Å²) in [5, 5.41) is 2.73. The number of halogens is 1. The van der Waals surface area contributed by atoms with Gasteiger partial charge in [0.05, 0.1) is 11.3 Å². The molecule has 1 amide bonds. The number of aromatic nitrogens is 2. The van der Waals surface area contributed by atoms with E-state index in [1.54, 1.807) is 35.3 Å². The molecule has 2 aromatic heterocycles. The van der Waals surface area contributed by atoms with E-state index in [1.165, 1.54) is 12.1 Å². The smallest absolute Gasteiger partial charge is 0.259 e. The second-order valence-electron chi connectivity index (χ2n) is 4.87. The molecule has 3 rings (SSSR count). The summed E-state index contributed by atoms with van der Waals surface area (Å²) in [6, 6.07) is 11.5. The molecule has 0 spiro atoms. The number of carbonyl (C=O) groups is 1. The first-order valence-electron chi connectivity index (χ1n) is 6.81. The van der Waals surface area contributed by atoms with Crippen molar-refractivity contribution in [1.82, 2.24) is 9.55 Å². The quantitative estimate of drug-likeness (QED) is 0.803. The van der Waals surface area contributed by atoms with Crippen molar-refractivity contribution in [3.8, 4) is 5.69 Å². The summed E-state index contributed by atoms with van der Waals surface area (Å²) in [6.07, 6.45) is 5.20. The zero-order chi connectivity index (χ0) is 15.5. The van der Waals surface area contributed by atoms with E-state index >= 15 is 0 Å². The lowest BCUT2D eigenvalue weighted by molar-refractivity contribution is 0.102. The predicted octanol–water partition coefficient (Wildman–Crippen LogP) is 3.57. The maximum absolute atomic E-state index is 13.6. The molecular formula is C17H14FN3O. The van der Waals surface area contributed by atoms with Crippen LogP contribution in [0.4, 0.5) is 10.2 Å². The largest absolute Gasteiger partial charge is 0.323 e. The van der Waals surface area contributed by atoms with Gasteiger partial charge in [0.2, 0.25) is 0 Å². The summed E-state index contributed by atoms with van der Waals surface area (Å²) >= 11 is 0. The molecule has 110 valence electrons. The number of nitrogens with one attached hydrogen (secondary N) is 1. The van der Waals surface area contributed by atoms with Crippen molar-refractivity contribution in [1.29, 1.82) is 0 Å². The summed E-state index contributed by atoms with van der Waals surface area (Å²) in [7, 11) is 0. The van der Waals surface area contributed by atoms with E-state index in [4.69, 9.17) is 0 Å². The van der Waals surface area contributed by atoms with Crippen LogP contribution in [0.25, 0.3) is 5.69 Å². The molecule has 0 saturated heterocycles. The van der Waals surface area contributed by atoms with Crippen LogP contribution >= 0.6 is 0 Å². The first-order valence-corrected chi connectivity index (χ1v) is 6.81. The van der Waals surface area contributed by atoms with Crippen LogP contribution in [0.5, 0.6) is 0 Å². The zero-order valence-corrected chi connectivity index (χ0v) is 12.0. The highest BCUT2D eigenvalue weighted by molar-refractivity contribution is 6.06. The van der Waals surface area contributed by atoms with Gasteiger partial charge >= 0.3 is 0 Å². The maximum atomic E-state index is 13.6. The summed E-state index contributed by atoms with van der Waals surface area (Å²) in [4.78, 5) is 16.6. The molecule has 5 heteroatoms. The zero-order valence-electron chi connectivity index (χ0n) is 12.0. The molecular weight excluding hydrogens is 281 g/mol. The molecule has 0 aliphatic heterocycles. The third kappa shape index (κ3) is 2.74. The molecule has 0 radical (unpaired) electrons. The number of carbonyl (C=O) groups excluding carboxylic acids is 1. The van der Waals surface area contributed by atoms with Crippen molar-refractivity contribution in [3.63, 3.8) is 0 Å². The Morgan fingerprint density at radius 1 is 1.18 bits per heavy atom. The number of nitrogens with zero attached hydrogens (tertiary/aromatic N) is 2. The van der Waals surface area contributed by atoms with Gasteiger partial charge in [-0.15, -0.1) is 0 Å². The van der Waals surface area contributed by atoms with Gasteiger partial charge in [-0.3, -0.25) is 4.79 Å². The lowest BCUT2D eigenvalue weighted by Gasteiger charge is -2.12.